The van der Waals surface area contributed by atoms with Crippen molar-refractivity contribution in [2.75, 3.05) is 0 Å². The second-order valence-corrected chi connectivity index (χ2v) is 8.30. The van der Waals surface area contributed by atoms with Crippen LogP contribution in [0.4, 0.5) is 18.0 Å². The molecule has 2 atom stereocenters. The van der Waals surface area contributed by atoms with Crippen LogP contribution in [0.1, 0.15) is 47.9 Å². The molecule has 0 aliphatic carbocycles. The molecular formula is C23H24F3NO3. The fraction of sp³-hybridized carbons (Fsp3) is 0.435. The molecule has 160 valence electrons. The summed E-state index contributed by atoms with van der Waals surface area (Å²) in [5.41, 5.74) is -0.371. The molecule has 0 radical (unpaired) electrons. The largest absolute Gasteiger partial charge is 0.445 e. The van der Waals surface area contributed by atoms with Gasteiger partial charge in [-0.15, -0.1) is 0 Å². The molecular weight excluding hydrogens is 395 g/mol. The van der Waals surface area contributed by atoms with Gasteiger partial charge < -0.3 is 14.7 Å². The Morgan fingerprint density at radius 2 is 1.77 bits per heavy atom. The Morgan fingerprint density at radius 3 is 2.37 bits per heavy atom. The molecule has 2 heterocycles. The topological polar surface area (TPSA) is 49.8 Å². The maximum absolute atomic E-state index is 13.2. The highest BCUT2D eigenvalue weighted by molar-refractivity contribution is 5.69. The summed E-state index contributed by atoms with van der Waals surface area (Å²) in [6.45, 7) is 1.86. The first-order chi connectivity index (χ1) is 14.2. The van der Waals surface area contributed by atoms with Crippen LogP contribution in [0, 0.1) is 6.92 Å². The molecule has 2 saturated heterocycles. The first-order valence-electron chi connectivity index (χ1n) is 10.1. The monoisotopic (exact) mass is 419 g/mol. The number of hydrogen-bond acceptors (Lipinski definition) is 3. The number of carbonyl (C=O) groups excluding carboxylic acids is 1. The minimum atomic E-state index is -4.47. The Morgan fingerprint density at radius 1 is 1.13 bits per heavy atom. The van der Waals surface area contributed by atoms with E-state index >= 15 is 0 Å². The molecule has 0 aromatic heterocycles. The zero-order valence-electron chi connectivity index (χ0n) is 16.7. The van der Waals surface area contributed by atoms with E-state index in [2.05, 4.69) is 0 Å². The van der Waals surface area contributed by atoms with Crippen LogP contribution in [0.3, 0.4) is 0 Å². The van der Waals surface area contributed by atoms with Crippen LogP contribution < -0.4 is 0 Å². The van der Waals surface area contributed by atoms with Gasteiger partial charge in [0, 0.05) is 24.9 Å². The van der Waals surface area contributed by atoms with Crippen molar-refractivity contribution in [1.82, 2.24) is 4.90 Å². The molecule has 2 unspecified atom stereocenters. The van der Waals surface area contributed by atoms with Crippen LogP contribution in [0.25, 0.3) is 0 Å². The third-order valence-corrected chi connectivity index (χ3v) is 6.25. The van der Waals surface area contributed by atoms with Crippen molar-refractivity contribution in [2.45, 2.75) is 63.1 Å². The van der Waals surface area contributed by atoms with Gasteiger partial charge in [-0.3, -0.25) is 0 Å². The number of rotatable bonds is 3. The number of fused-ring (bicyclic) bond motifs is 2. The van der Waals surface area contributed by atoms with E-state index < -0.39 is 23.4 Å². The van der Waals surface area contributed by atoms with E-state index in [1.165, 1.54) is 6.07 Å². The maximum Gasteiger partial charge on any atom is 0.416 e. The maximum atomic E-state index is 13.2. The van der Waals surface area contributed by atoms with Crippen molar-refractivity contribution in [3.8, 4) is 0 Å². The van der Waals surface area contributed by atoms with Crippen molar-refractivity contribution in [3.05, 3.63) is 70.8 Å². The van der Waals surface area contributed by atoms with Crippen LogP contribution >= 0.6 is 0 Å². The van der Waals surface area contributed by atoms with Gasteiger partial charge in [-0.25, -0.2) is 4.79 Å². The second-order valence-electron chi connectivity index (χ2n) is 8.30. The SMILES string of the molecule is Cc1ccc(C(F)(F)F)cc1C1(O)CC2CCC(C1)N2C(=O)OCc1ccccc1. The first-order valence-corrected chi connectivity index (χ1v) is 10.1. The fourth-order valence-electron chi connectivity index (χ4n) is 4.84. The summed E-state index contributed by atoms with van der Waals surface area (Å²) in [6, 6.07) is 12.3. The van der Waals surface area contributed by atoms with E-state index in [1.807, 2.05) is 30.3 Å². The van der Waals surface area contributed by atoms with Crippen LogP contribution in [0.5, 0.6) is 0 Å². The first kappa shape index (κ1) is 20.7. The molecule has 7 heteroatoms. The lowest BCUT2D eigenvalue weighted by molar-refractivity contribution is -0.137. The molecule has 2 fully saturated rings. The molecule has 1 N–H and O–H groups in total. The molecule has 30 heavy (non-hydrogen) atoms. The van der Waals surface area contributed by atoms with Gasteiger partial charge >= 0.3 is 12.3 Å². The number of ether oxygens (including phenoxy) is 1. The summed E-state index contributed by atoms with van der Waals surface area (Å²) in [5.74, 6) is 0. The lowest BCUT2D eigenvalue weighted by Gasteiger charge is -2.44. The van der Waals surface area contributed by atoms with Crippen molar-refractivity contribution in [3.63, 3.8) is 0 Å². The van der Waals surface area contributed by atoms with Gasteiger partial charge in [0.15, 0.2) is 0 Å². The molecule has 2 aromatic rings. The summed E-state index contributed by atoms with van der Waals surface area (Å²) >= 11 is 0. The highest BCUT2D eigenvalue weighted by atomic mass is 19.4. The average Bonchev–Trinajstić information content (AvgIpc) is 2.98. The third-order valence-electron chi connectivity index (χ3n) is 6.25. The molecule has 2 aliphatic heterocycles. The number of carbonyl (C=O) groups is 1. The van der Waals surface area contributed by atoms with Gasteiger partial charge in [0.25, 0.3) is 0 Å². The number of aryl methyl sites for hydroxylation is 1. The summed E-state index contributed by atoms with van der Waals surface area (Å²) in [4.78, 5) is 14.4. The zero-order chi connectivity index (χ0) is 21.5. The summed E-state index contributed by atoms with van der Waals surface area (Å²) in [6.07, 6.45) is -3.11. The lowest BCUT2D eigenvalue weighted by Crippen LogP contribution is -2.52. The number of nitrogens with zero attached hydrogens (tertiary/aromatic N) is 1. The van der Waals surface area contributed by atoms with E-state index in [1.54, 1.807) is 11.8 Å². The van der Waals surface area contributed by atoms with Gasteiger partial charge in [0.05, 0.1) is 11.2 Å². The predicted molar refractivity (Wildman–Crippen MR) is 105 cm³/mol. The Kier molecular flexibility index (Phi) is 5.26. The van der Waals surface area contributed by atoms with Crippen molar-refractivity contribution >= 4 is 6.09 Å². The van der Waals surface area contributed by atoms with E-state index in [9.17, 15) is 23.1 Å². The van der Waals surface area contributed by atoms with Gasteiger partial charge in [-0.2, -0.15) is 13.2 Å². The van der Waals surface area contributed by atoms with Gasteiger partial charge in [-0.05, 0) is 48.6 Å². The lowest BCUT2D eigenvalue weighted by atomic mass is 9.78. The van der Waals surface area contributed by atoms with E-state index in [0.717, 1.165) is 17.7 Å². The molecule has 4 nitrogen and oxygen atoms in total. The van der Waals surface area contributed by atoms with Crippen LogP contribution in [-0.2, 0) is 23.1 Å². The van der Waals surface area contributed by atoms with Crippen molar-refractivity contribution < 1.29 is 27.8 Å². The minimum Gasteiger partial charge on any atom is -0.445 e. The van der Waals surface area contributed by atoms with Crippen molar-refractivity contribution in [2.24, 2.45) is 0 Å². The zero-order valence-corrected chi connectivity index (χ0v) is 16.7. The minimum absolute atomic E-state index is 0.159. The number of hydrogen-bond donors (Lipinski definition) is 1. The Hall–Kier alpha value is -2.54. The van der Waals surface area contributed by atoms with E-state index in [4.69, 9.17) is 4.74 Å². The number of halogens is 3. The molecule has 2 aliphatic rings. The summed E-state index contributed by atoms with van der Waals surface area (Å²) in [7, 11) is 0. The van der Waals surface area contributed by atoms with Gasteiger partial charge in [-0.1, -0.05) is 36.4 Å². The number of amides is 1. The number of piperidine rings is 1. The van der Waals surface area contributed by atoms with E-state index in [0.29, 0.717) is 24.0 Å². The fourth-order valence-corrected chi connectivity index (χ4v) is 4.84. The predicted octanol–water partition coefficient (Wildman–Crippen LogP) is 5.17. The molecule has 4 rings (SSSR count). The van der Waals surface area contributed by atoms with Crippen molar-refractivity contribution in [1.29, 1.82) is 0 Å². The third kappa shape index (κ3) is 3.90. The molecule has 2 aromatic carbocycles. The van der Waals surface area contributed by atoms with Gasteiger partial charge in [0.1, 0.15) is 6.61 Å². The smallest absolute Gasteiger partial charge is 0.416 e. The Balaban J connectivity index is 1.51. The summed E-state index contributed by atoms with van der Waals surface area (Å²) < 4.78 is 45.1. The molecule has 1 amide bonds. The molecule has 2 bridgehead atoms. The van der Waals surface area contributed by atoms with Crippen LogP contribution in [-0.4, -0.2) is 28.2 Å². The number of benzene rings is 2. The number of alkyl halides is 3. The standard InChI is InChI=1S/C23H24F3NO3/c1-15-7-8-17(23(24,25)26)11-20(15)22(29)12-18-9-10-19(13-22)27(18)21(28)30-14-16-5-3-2-4-6-16/h2-8,11,18-19,29H,9-10,12-14H2,1H3. The molecule has 0 spiro atoms. The second kappa shape index (κ2) is 7.61. The van der Waals surface area contributed by atoms with Crippen LogP contribution in [0.15, 0.2) is 48.5 Å². The average molecular weight is 419 g/mol. The van der Waals surface area contributed by atoms with Gasteiger partial charge in [0.2, 0.25) is 0 Å². The number of aliphatic hydroxyl groups is 1. The Bertz CT molecular complexity index is 915. The highest BCUT2D eigenvalue weighted by Crippen LogP contribution is 2.47. The quantitative estimate of drug-likeness (QED) is 0.747. The molecule has 0 saturated carbocycles. The highest BCUT2D eigenvalue weighted by Gasteiger charge is 2.51. The Labute approximate surface area is 173 Å². The van der Waals surface area contributed by atoms with E-state index in [-0.39, 0.29) is 31.5 Å². The normalized spacial score (nSPS) is 26.0. The summed E-state index contributed by atoms with van der Waals surface area (Å²) in [5, 5.41) is 11.4. The van der Waals surface area contributed by atoms with Crippen LogP contribution in [0.2, 0.25) is 0 Å².